The summed E-state index contributed by atoms with van der Waals surface area (Å²) in [5.41, 5.74) is 5.39. The summed E-state index contributed by atoms with van der Waals surface area (Å²) in [4.78, 5) is 0. The minimum absolute atomic E-state index is 0.469. The van der Waals surface area contributed by atoms with E-state index in [4.69, 9.17) is 12.2 Å². The Morgan fingerprint density at radius 2 is 2.26 bits per heavy atom. The molecule has 7 nitrogen and oxygen atoms in total. The van der Waals surface area contributed by atoms with Crippen LogP contribution in [-0.2, 0) is 0 Å². The van der Waals surface area contributed by atoms with Crippen LogP contribution in [0, 0.1) is 0 Å². The Labute approximate surface area is 115 Å². The van der Waals surface area contributed by atoms with Gasteiger partial charge in [-0.05, 0) is 47.3 Å². The molecule has 2 aromatic rings. The maximum atomic E-state index is 4.95. The van der Waals surface area contributed by atoms with E-state index < -0.39 is 0 Å². The lowest BCUT2D eigenvalue weighted by Crippen LogP contribution is -2.29. The molecule has 0 aliphatic rings. The Morgan fingerprint density at radius 3 is 2.95 bits per heavy atom. The summed E-state index contributed by atoms with van der Waals surface area (Å²) in [6, 6.07) is 7.73. The number of aromatic nitrogens is 4. The molecule has 0 saturated heterocycles. The highest BCUT2D eigenvalue weighted by molar-refractivity contribution is 7.80. The maximum absolute atomic E-state index is 4.95. The molecule has 0 amide bonds. The van der Waals surface area contributed by atoms with Crippen LogP contribution in [0.2, 0.25) is 0 Å². The average molecular weight is 275 g/mol. The van der Waals surface area contributed by atoms with Crippen LogP contribution in [0.3, 0.4) is 0 Å². The number of tetrazole rings is 1. The van der Waals surface area contributed by atoms with Gasteiger partial charge in [0.2, 0.25) is 0 Å². The van der Waals surface area contributed by atoms with E-state index in [0.29, 0.717) is 5.11 Å². The first kappa shape index (κ1) is 13.1. The summed E-state index contributed by atoms with van der Waals surface area (Å²) in [7, 11) is 1.73. The molecule has 2 rings (SSSR count). The van der Waals surface area contributed by atoms with Gasteiger partial charge in [0.15, 0.2) is 5.11 Å². The number of thiocarbonyl (C=S) groups is 1. The second-order valence-electron chi connectivity index (χ2n) is 3.69. The van der Waals surface area contributed by atoms with Gasteiger partial charge in [-0.3, -0.25) is 5.43 Å². The monoisotopic (exact) mass is 275 g/mol. The van der Waals surface area contributed by atoms with Gasteiger partial charge < -0.3 is 5.32 Å². The summed E-state index contributed by atoms with van der Waals surface area (Å²) in [6.45, 7) is 1.89. The third-order valence-corrected chi connectivity index (χ3v) is 2.73. The highest BCUT2D eigenvalue weighted by Gasteiger charge is 2.02. The van der Waals surface area contributed by atoms with Crippen LogP contribution in [0.25, 0.3) is 5.69 Å². The van der Waals surface area contributed by atoms with Crippen LogP contribution in [0.5, 0.6) is 0 Å². The van der Waals surface area contributed by atoms with Crippen LogP contribution < -0.4 is 10.7 Å². The third-order valence-electron chi connectivity index (χ3n) is 2.43. The molecule has 0 radical (unpaired) electrons. The molecule has 19 heavy (non-hydrogen) atoms. The van der Waals surface area contributed by atoms with Gasteiger partial charge in [-0.2, -0.15) is 5.10 Å². The summed E-state index contributed by atoms with van der Waals surface area (Å²) < 4.78 is 1.59. The Kier molecular flexibility index (Phi) is 4.14. The molecule has 0 bridgehead atoms. The number of hydrazone groups is 1. The van der Waals surface area contributed by atoms with Crippen molar-refractivity contribution in [1.82, 2.24) is 30.9 Å². The van der Waals surface area contributed by atoms with E-state index in [-0.39, 0.29) is 0 Å². The summed E-state index contributed by atoms with van der Waals surface area (Å²) in [5.74, 6) is 0. The van der Waals surface area contributed by atoms with Gasteiger partial charge in [-0.15, -0.1) is 5.10 Å². The minimum atomic E-state index is 0.469. The lowest BCUT2D eigenvalue weighted by Gasteiger charge is -2.06. The van der Waals surface area contributed by atoms with E-state index in [1.54, 1.807) is 18.1 Å². The first-order chi connectivity index (χ1) is 9.20. The fraction of sp³-hybridized carbons (Fsp3) is 0.182. The van der Waals surface area contributed by atoms with Crippen LogP contribution in [0.4, 0.5) is 0 Å². The van der Waals surface area contributed by atoms with Gasteiger partial charge in [0, 0.05) is 7.05 Å². The highest BCUT2D eigenvalue weighted by atomic mass is 32.1. The maximum Gasteiger partial charge on any atom is 0.186 e. The molecule has 0 atom stereocenters. The quantitative estimate of drug-likeness (QED) is 0.482. The van der Waals surface area contributed by atoms with Gasteiger partial charge in [-0.25, -0.2) is 4.68 Å². The molecule has 0 fully saturated rings. The highest BCUT2D eigenvalue weighted by Crippen LogP contribution is 2.09. The molecule has 2 N–H and O–H groups in total. The summed E-state index contributed by atoms with van der Waals surface area (Å²) >= 11 is 4.95. The zero-order valence-corrected chi connectivity index (χ0v) is 11.3. The molecular weight excluding hydrogens is 262 g/mol. The van der Waals surface area contributed by atoms with Gasteiger partial charge in [-0.1, -0.05) is 12.1 Å². The average Bonchev–Trinajstić information content (AvgIpc) is 2.98. The molecule has 0 aliphatic carbocycles. The Morgan fingerprint density at radius 1 is 1.42 bits per heavy atom. The smallest absolute Gasteiger partial charge is 0.186 e. The van der Waals surface area contributed by atoms with E-state index in [9.17, 15) is 0 Å². The van der Waals surface area contributed by atoms with Gasteiger partial charge in [0.1, 0.15) is 6.33 Å². The van der Waals surface area contributed by atoms with E-state index in [1.165, 1.54) is 0 Å². The molecular formula is C11H13N7S. The summed E-state index contributed by atoms with van der Waals surface area (Å²) in [5, 5.41) is 18.5. The topological polar surface area (TPSA) is 80.0 Å². The Bertz CT molecular complexity index is 591. The SMILES string of the molecule is CNC(=S)N/N=C(/C)c1cccc(-n2cnnn2)c1. The second kappa shape index (κ2) is 6.01. The van der Waals surface area contributed by atoms with E-state index >= 15 is 0 Å². The number of hydrogen-bond acceptors (Lipinski definition) is 5. The molecule has 0 spiro atoms. The molecule has 1 aromatic carbocycles. The van der Waals surface area contributed by atoms with Crippen LogP contribution in [-0.4, -0.2) is 38.1 Å². The zero-order valence-electron chi connectivity index (χ0n) is 10.5. The molecule has 0 saturated carbocycles. The van der Waals surface area contributed by atoms with Gasteiger partial charge >= 0.3 is 0 Å². The lowest BCUT2D eigenvalue weighted by atomic mass is 10.1. The van der Waals surface area contributed by atoms with Crippen molar-refractivity contribution in [2.75, 3.05) is 7.05 Å². The van der Waals surface area contributed by atoms with Crippen molar-refractivity contribution in [1.29, 1.82) is 0 Å². The van der Waals surface area contributed by atoms with E-state index in [2.05, 4.69) is 31.4 Å². The van der Waals surface area contributed by atoms with E-state index in [1.807, 2.05) is 31.2 Å². The van der Waals surface area contributed by atoms with Crippen molar-refractivity contribution in [2.24, 2.45) is 5.10 Å². The molecule has 1 aromatic heterocycles. The number of benzene rings is 1. The fourth-order valence-electron chi connectivity index (χ4n) is 1.41. The molecule has 98 valence electrons. The second-order valence-corrected chi connectivity index (χ2v) is 4.10. The van der Waals surface area contributed by atoms with Gasteiger partial charge in [0.25, 0.3) is 0 Å². The van der Waals surface area contributed by atoms with Crippen LogP contribution >= 0.6 is 12.2 Å². The molecule has 1 heterocycles. The first-order valence-corrected chi connectivity index (χ1v) is 5.97. The van der Waals surface area contributed by atoms with Crippen LogP contribution in [0.15, 0.2) is 35.7 Å². The van der Waals surface area contributed by atoms with Crippen molar-refractivity contribution in [3.63, 3.8) is 0 Å². The zero-order chi connectivity index (χ0) is 13.7. The van der Waals surface area contributed by atoms with Crippen molar-refractivity contribution >= 4 is 23.0 Å². The fourth-order valence-corrected chi connectivity index (χ4v) is 1.45. The van der Waals surface area contributed by atoms with Crippen molar-refractivity contribution < 1.29 is 0 Å². The standard InChI is InChI=1S/C11H13N7S/c1-8(14-15-11(19)12-2)9-4-3-5-10(6-9)18-7-13-16-17-18/h3-7H,1-2H3,(H2,12,15,19)/b14-8-. The van der Waals surface area contributed by atoms with Crippen LogP contribution in [0.1, 0.15) is 12.5 Å². The number of nitrogens with one attached hydrogen (secondary N) is 2. The number of rotatable bonds is 3. The number of nitrogens with zero attached hydrogens (tertiary/aromatic N) is 5. The Hall–Kier alpha value is -2.35. The third kappa shape index (κ3) is 3.32. The first-order valence-electron chi connectivity index (χ1n) is 5.56. The number of hydrogen-bond donors (Lipinski definition) is 2. The minimum Gasteiger partial charge on any atom is -0.364 e. The van der Waals surface area contributed by atoms with Crippen molar-refractivity contribution in [3.8, 4) is 5.69 Å². The Balaban J connectivity index is 2.21. The molecule has 8 heteroatoms. The normalized spacial score (nSPS) is 11.2. The van der Waals surface area contributed by atoms with Crippen molar-refractivity contribution in [2.45, 2.75) is 6.92 Å². The predicted octanol–water partition coefficient (Wildman–Crippen LogP) is 0.480. The molecule has 0 unspecified atom stereocenters. The largest absolute Gasteiger partial charge is 0.364 e. The van der Waals surface area contributed by atoms with Crippen molar-refractivity contribution in [3.05, 3.63) is 36.2 Å². The predicted molar refractivity (Wildman–Crippen MR) is 76.2 cm³/mol. The summed E-state index contributed by atoms with van der Waals surface area (Å²) in [6.07, 6.45) is 1.54. The lowest BCUT2D eigenvalue weighted by molar-refractivity contribution is 0.789. The van der Waals surface area contributed by atoms with E-state index in [0.717, 1.165) is 17.0 Å². The van der Waals surface area contributed by atoms with Gasteiger partial charge in [0.05, 0.1) is 11.4 Å². The molecule has 0 aliphatic heterocycles.